The number of H-pyrrole nitrogens is 1. The van der Waals surface area contributed by atoms with Crippen molar-refractivity contribution in [2.24, 2.45) is 7.05 Å². The van der Waals surface area contributed by atoms with E-state index in [2.05, 4.69) is 10.1 Å². The quantitative estimate of drug-likeness (QED) is 0.786. The fourth-order valence-electron chi connectivity index (χ4n) is 2.56. The number of hydrogen-bond donors (Lipinski definition) is 1. The third kappa shape index (κ3) is 3.21. The second-order valence-electron chi connectivity index (χ2n) is 5.64. The molecule has 1 N–H and O–H groups in total. The molecule has 0 saturated carbocycles. The first-order chi connectivity index (χ1) is 11.1. The topological polar surface area (TPSA) is 63.2 Å². The number of aromatic nitrogens is 3. The zero-order chi connectivity index (χ0) is 16.4. The molecule has 0 spiro atoms. The molecule has 0 aliphatic rings. The molecule has 120 valence electrons. The third-order valence-corrected chi connectivity index (χ3v) is 3.90. The predicted octanol–water partition coefficient (Wildman–Crippen LogP) is 2.22. The molecular weight excluding hydrogens is 292 g/mol. The minimum absolute atomic E-state index is 0.0240. The molecule has 1 aromatic carbocycles. The fraction of sp³-hybridized carbons (Fsp3) is 0.294. The van der Waals surface area contributed by atoms with Crippen LogP contribution < -0.4 is 4.74 Å². The molecule has 0 aliphatic carbocycles. The molecule has 3 aromatic rings. The number of aryl methyl sites for hydroxylation is 1. The van der Waals surface area contributed by atoms with Gasteiger partial charge in [-0.3, -0.25) is 9.48 Å². The first kappa shape index (κ1) is 15.1. The van der Waals surface area contributed by atoms with E-state index in [-0.39, 0.29) is 5.91 Å². The van der Waals surface area contributed by atoms with Crippen LogP contribution in [0.1, 0.15) is 16.1 Å². The first-order valence-electron chi connectivity index (χ1n) is 7.46. The number of methoxy groups -OCH3 is 1. The van der Waals surface area contributed by atoms with E-state index in [1.54, 1.807) is 16.7 Å². The predicted molar refractivity (Wildman–Crippen MR) is 88.7 cm³/mol. The maximum atomic E-state index is 12.5. The average Bonchev–Trinajstić information content (AvgIpc) is 3.16. The highest BCUT2D eigenvalue weighted by Gasteiger charge is 2.15. The number of hydrogen-bond acceptors (Lipinski definition) is 3. The second kappa shape index (κ2) is 6.16. The SMILES string of the molecule is COc1ccc2[nH]c(C(=O)N(C)CCc3cnn(C)c3)cc2c1. The molecule has 3 rings (SSSR count). The molecule has 2 aromatic heterocycles. The zero-order valence-electron chi connectivity index (χ0n) is 13.5. The van der Waals surface area contributed by atoms with Gasteiger partial charge in [-0.05, 0) is 36.2 Å². The molecule has 0 saturated heterocycles. The number of ether oxygens (including phenoxy) is 1. The van der Waals surface area contributed by atoms with Crippen LogP contribution in [-0.4, -0.2) is 46.3 Å². The smallest absolute Gasteiger partial charge is 0.270 e. The summed E-state index contributed by atoms with van der Waals surface area (Å²) >= 11 is 0. The summed E-state index contributed by atoms with van der Waals surface area (Å²) in [5, 5.41) is 5.10. The molecule has 0 atom stereocenters. The van der Waals surface area contributed by atoms with Gasteiger partial charge in [-0.1, -0.05) is 0 Å². The molecule has 6 heteroatoms. The van der Waals surface area contributed by atoms with Crippen LogP contribution in [0.25, 0.3) is 10.9 Å². The van der Waals surface area contributed by atoms with Gasteiger partial charge in [0.05, 0.1) is 13.3 Å². The summed E-state index contributed by atoms with van der Waals surface area (Å²) < 4.78 is 6.98. The van der Waals surface area contributed by atoms with Gasteiger partial charge in [0.15, 0.2) is 0 Å². The standard InChI is InChI=1S/C17H20N4O2/c1-20(7-6-12-10-18-21(2)11-12)17(22)16-9-13-8-14(23-3)4-5-15(13)19-16/h4-5,8-11,19H,6-7H2,1-3H3. The minimum atomic E-state index is -0.0240. The van der Waals surface area contributed by atoms with E-state index < -0.39 is 0 Å². The minimum Gasteiger partial charge on any atom is -0.497 e. The van der Waals surface area contributed by atoms with Crippen LogP contribution in [0.3, 0.4) is 0 Å². The molecule has 0 radical (unpaired) electrons. The molecule has 0 unspecified atom stereocenters. The van der Waals surface area contributed by atoms with Gasteiger partial charge in [-0.25, -0.2) is 0 Å². The number of carbonyl (C=O) groups is 1. The molecule has 2 heterocycles. The van der Waals surface area contributed by atoms with Crippen molar-refractivity contribution in [3.63, 3.8) is 0 Å². The van der Waals surface area contributed by atoms with E-state index in [1.165, 1.54) is 0 Å². The molecule has 0 fully saturated rings. The van der Waals surface area contributed by atoms with Gasteiger partial charge in [0.2, 0.25) is 0 Å². The van der Waals surface area contributed by atoms with Gasteiger partial charge in [0.1, 0.15) is 11.4 Å². The molecule has 0 aliphatic heterocycles. The number of carbonyl (C=O) groups excluding carboxylic acids is 1. The highest BCUT2D eigenvalue weighted by molar-refractivity contribution is 5.98. The van der Waals surface area contributed by atoms with Crippen molar-refractivity contribution in [1.29, 1.82) is 0 Å². The van der Waals surface area contributed by atoms with Crippen LogP contribution in [0.4, 0.5) is 0 Å². The van der Waals surface area contributed by atoms with Gasteiger partial charge >= 0.3 is 0 Å². The maximum Gasteiger partial charge on any atom is 0.270 e. The van der Waals surface area contributed by atoms with Crippen LogP contribution in [-0.2, 0) is 13.5 Å². The van der Waals surface area contributed by atoms with Crippen LogP contribution in [0.15, 0.2) is 36.7 Å². The van der Waals surface area contributed by atoms with Crippen LogP contribution in [0.5, 0.6) is 5.75 Å². The van der Waals surface area contributed by atoms with E-state index in [9.17, 15) is 4.79 Å². The Kier molecular flexibility index (Phi) is 4.06. The highest BCUT2D eigenvalue weighted by atomic mass is 16.5. The Balaban J connectivity index is 1.71. The molecule has 1 amide bonds. The van der Waals surface area contributed by atoms with Gasteiger partial charge in [-0.2, -0.15) is 5.10 Å². The van der Waals surface area contributed by atoms with Gasteiger partial charge in [-0.15, -0.1) is 0 Å². The summed E-state index contributed by atoms with van der Waals surface area (Å²) in [6.45, 7) is 0.642. The third-order valence-electron chi connectivity index (χ3n) is 3.90. The monoisotopic (exact) mass is 312 g/mol. The van der Waals surface area contributed by atoms with Crippen LogP contribution in [0, 0.1) is 0 Å². The Hall–Kier alpha value is -2.76. The van der Waals surface area contributed by atoms with Gasteiger partial charge < -0.3 is 14.6 Å². The van der Waals surface area contributed by atoms with Gasteiger partial charge in [0.25, 0.3) is 5.91 Å². The number of likely N-dealkylation sites (N-methyl/N-ethyl adjacent to an activating group) is 1. The largest absolute Gasteiger partial charge is 0.497 e. The molecule has 6 nitrogen and oxygen atoms in total. The Bertz CT molecular complexity index is 834. The number of nitrogens with zero attached hydrogens (tertiary/aromatic N) is 3. The lowest BCUT2D eigenvalue weighted by atomic mass is 10.2. The van der Waals surface area contributed by atoms with Gasteiger partial charge in [0, 0.05) is 37.7 Å². The number of aromatic amines is 1. The number of fused-ring (bicyclic) bond motifs is 1. The lowest BCUT2D eigenvalue weighted by Gasteiger charge is -2.15. The first-order valence-corrected chi connectivity index (χ1v) is 7.46. The normalized spacial score (nSPS) is 10.9. The fourth-order valence-corrected chi connectivity index (χ4v) is 2.56. The van der Waals surface area contributed by atoms with Crippen LogP contribution in [0.2, 0.25) is 0 Å². The Labute approximate surface area is 134 Å². The summed E-state index contributed by atoms with van der Waals surface area (Å²) in [6, 6.07) is 7.57. The van der Waals surface area contributed by atoms with E-state index in [4.69, 9.17) is 4.74 Å². The van der Waals surface area contributed by atoms with Crippen molar-refractivity contribution < 1.29 is 9.53 Å². The molecule has 0 bridgehead atoms. The zero-order valence-corrected chi connectivity index (χ0v) is 13.5. The number of nitrogens with one attached hydrogen (secondary N) is 1. The molecule has 23 heavy (non-hydrogen) atoms. The summed E-state index contributed by atoms with van der Waals surface area (Å²) in [5.41, 5.74) is 2.63. The van der Waals surface area contributed by atoms with Crippen molar-refractivity contribution in [2.45, 2.75) is 6.42 Å². The van der Waals surface area contributed by atoms with Crippen molar-refractivity contribution in [3.05, 3.63) is 47.9 Å². The maximum absolute atomic E-state index is 12.5. The second-order valence-corrected chi connectivity index (χ2v) is 5.64. The Morgan fingerprint density at radius 3 is 2.91 bits per heavy atom. The van der Waals surface area contributed by atoms with Crippen molar-refractivity contribution in [3.8, 4) is 5.75 Å². The molecular formula is C17H20N4O2. The van der Waals surface area contributed by atoms with E-state index >= 15 is 0 Å². The lowest BCUT2D eigenvalue weighted by Crippen LogP contribution is -2.29. The highest BCUT2D eigenvalue weighted by Crippen LogP contribution is 2.22. The Morgan fingerprint density at radius 2 is 2.22 bits per heavy atom. The average molecular weight is 312 g/mol. The lowest BCUT2D eigenvalue weighted by molar-refractivity contribution is 0.0792. The van der Waals surface area contributed by atoms with E-state index in [0.29, 0.717) is 12.2 Å². The van der Waals surface area contributed by atoms with E-state index in [1.807, 2.05) is 50.8 Å². The number of rotatable bonds is 5. The summed E-state index contributed by atoms with van der Waals surface area (Å²) in [7, 11) is 5.33. The number of benzene rings is 1. The summed E-state index contributed by atoms with van der Waals surface area (Å²) in [5.74, 6) is 0.754. The summed E-state index contributed by atoms with van der Waals surface area (Å²) in [4.78, 5) is 17.4. The number of amides is 1. The van der Waals surface area contributed by atoms with Crippen molar-refractivity contribution >= 4 is 16.8 Å². The summed E-state index contributed by atoms with van der Waals surface area (Å²) in [6.07, 6.45) is 4.57. The Morgan fingerprint density at radius 1 is 1.39 bits per heavy atom. The van der Waals surface area contributed by atoms with E-state index in [0.717, 1.165) is 28.6 Å². The van der Waals surface area contributed by atoms with Crippen molar-refractivity contribution in [2.75, 3.05) is 20.7 Å². The van der Waals surface area contributed by atoms with Crippen LogP contribution >= 0.6 is 0 Å². The van der Waals surface area contributed by atoms with Crippen molar-refractivity contribution in [1.82, 2.24) is 19.7 Å².